The zero-order valence-electron chi connectivity index (χ0n) is 15.4. The number of halogens is 3. The molecule has 0 unspecified atom stereocenters. The lowest BCUT2D eigenvalue weighted by Gasteiger charge is -2.19. The molecule has 3 aromatic carbocycles. The van der Waals surface area contributed by atoms with Crippen molar-refractivity contribution in [3.63, 3.8) is 0 Å². The van der Waals surface area contributed by atoms with E-state index in [-0.39, 0.29) is 29.9 Å². The number of carbonyl (C=O) groups excluding carboxylic acids is 1. The minimum absolute atomic E-state index is 0.117. The van der Waals surface area contributed by atoms with Gasteiger partial charge >= 0.3 is 0 Å². The van der Waals surface area contributed by atoms with Gasteiger partial charge in [0.2, 0.25) is 5.91 Å². The number of hydrogen-bond donors (Lipinski definition) is 1. The minimum atomic E-state index is -0.342. The summed E-state index contributed by atoms with van der Waals surface area (Å²) < 4.78 is 27.3. The SMILES string of the molecule is CCc1c(F)cccc1NC(=O)C[C@H](c1ccc(F)cc1)c1cccc(Cl)c1. The quantitative estimate of drug-likeness (QED) is 0.514. The molecule has 28 heavy (non-hydrogen) atoms. The van der Waals surface area contributed by atoms with Gasteiger partial charge in [-0.05, 0) is 53.9 Å². The molecule has 1 amide bonds. The van der Waals surface area contributed by atoms with E-state index >= 15 is 0 Å². The summed E-state index contributed by atoms with van der Waals surface area (Å²) in [6, 6.07) is 17.9. The lowest BCUT2D eigenvalue weighted by molar-refractivity contribution is -0.116. The van der Waals surface area contributed by atoms with Gasteiger partial charge in [0.05, 0.1) is 0 Å². The van der Waals surface area contributed by atoms with Gasteiger partial charge in [0.25, 0.3) is 0 Å². The Labute approximate surface area is 168 Å². The van der Waals surface area contributed by atoms with Crippen molar-refractivity contribution in [3.8, 4) is 0 Å². The van der Waals surface area contributed by atoms with Crippen molar-refractivity contribution < 1.29 is 13.6 Å². The molecule has 0 saturated heterocycles. The van der Waals surface area contributed by atoms with Crippen molar-refractivity contribution in [3.05, 3.63) is 100 Å². The highest BCUT2D eigenvalue weighted by molar-refractivity contribution is 6.30. The highest BCUT2D eigenvalue weighted by Crippen LogP contribution is 2.31. The Morgan fingerprint density at radius 3 is 2.39 bits per heavy atom. The van der Waals surface area contributed by atoms with Crippen LogP contribution in [0.3, 0.4) is 0 Å². The maximum absolute atomic E-state index is 14.0. The summed E-state index contributed by atoms with van der Waals surface area (Å²) in [5.41, 5.74) is 2.59. The van der Waals surface area contributed by atoms with E-state index in [1.54, 1.807) is 36.4 Å². The monoisotopic (exact) mass is 399 g/mol. The third-order valence-electron chi connectivity index (χ3n) is 4.66. The Morgan fingerprint density at radius 2 is 1.71 bits per heavy atom. The summed E-state index contributed by atoms with van der Waals surface area (Å²) in [6.07, 6.45) is 0.587. The lowest BCUT2D eigenvalue weighted by atomic mass is 9.88. The fourth-order valence-corrected chi connectivity index (χ4v) is 3.47. The summed E-state index contributed by atoms with van der Waals surface area (Å²) in [5, 5.41) is 3.37. The molecule has 3 aromatic rings. The van der Waals surface area contributed by atoms with E-state index in [1.807, 2.05) is 19.1 Å². The van der Waals surface area contributed by atoms with Crippen molar-refractivity contribution in [2.24, 2.45) is 0 Å². The molecule has 0 radical (unpaired) electrons. The zero-order valence-corrected chi connectivity index (χ0v) is 16.1. The predicted molar refractivity (Wildman–Crippen MR) is 109 cm³/mol. The first-order valence-corrected chi connectivity index (χ1v) is 9.44. The van der Waals surface area contributed by atoms with Crippen molar-refractivity contribution >= 4 is 23.2 Å². The Hall–Kier alpha value is -2.72. The van der Waals surface area contributed by atoms with Crippen LogP contribution in [0.25, 0.3) is 0 Å². The van der Waals surface area contributed by atoms with Crippen molar-refractivity contribution in [1.29, 1.82) is 0 Å². The van der Waals surface area contributed by atoms with E-state index in [2.05, 4.69) is 5.32 Å². The summed E-state index contributed by atoms with van der Waals surface area (Å²) in [5.74, 6) is -1.25. The highest BCUT2D eigenvalue weighted by Gasteiger charge is 2.20. The van der Waals surface area contributed by atoms with Gasteiger partial charge < -0.3 is 5.32 Å². The van der Waals surface area contributed by atoms with Crippen LogP contribution in [-0.2, 0) is 11.2 Å². The normalized spacial score (nSPS) is 11.9. The molecule has 0 fully saturated rings. The average molecular weight is 400 g/mol. The largest absolute Gasteiger partial charge is 0.326 e. The van der Waals surface area contributed by atoms with Crippen LogP contribution in [0.15, 0.2) is 66.7 Å². The van der Waals surface area contributed by atoms with Crippen LogP contribution in [0.2, 0.25) is 5.02 Å². The van der Waals surface area contributed by atoms with Gasteiger partial charge in [0.15, 0.2) is 0 Å². The van der Waals surface area contributed by atoms with E-state index < -0.39 is 0 Å². The fraction of sp³-hybridized carbons (Fsp3) is 0.174. The Bertz CT molecular complexity index is 973. The second kappa shape index (κ2) is 8.98. The zero-order chi connectivity index (χ0) is 20.1. The second-order valence-corrected chi connectivity index (χ2v) is 6.97. The van der Waals surface area contributed by atoms with Crippen LogP contribution in [0.5, 0.6) is 0 Å². The van der Waals surface area contributed by atoms with E-state index in [0.717, 1.165) is 11.1 Å². The molecule has 3 rings (SSSR count). The number of rotatable bonds is 6. The summed E-state index contributed by atoms with van der Waals surface area (Å²) in [6.45, 7) is 1.83. The summed E-state index contributed by atoms with van der Waals surface area (Å²) in [7, 11) is 0. The lowest BCUT2D eigenvalue weighted by Crippen LogP contribution is -2.17. The molecular weight excluding hydrogens is 380 g/mol. The number of benzene rings is 3. The summed E-state index contributed by atoms with van der Waals surface area (Å²) in [4.78, 5) is 12.8. The van der Waals surface area contributed by atoms with E-state index in [9.17, 15) is 13.6 Å². The van der Waals surface area contributed by atoms with E-state index in [0.29, 0.717) is 22.7 Å². The van der Waals surface area contributed by atoms with E-state index in [1.165, 1.54) is 18.2 Å². The number of carbonyl (C=O) groups is 1. The second-order valence-electron chi connectivity index (χ2n) is 6.53. The Balaban J connectivity index is 1.88. The van der Waals surface area contributed by atoms with Crippen LogP contribution in [0, 0.1) is 11.6 Å². The van der Waals surface area contributed by atoms with Crippen LogP contribution < -0.4 is 5.32 Å². The Morgan fingerprint density at radius 1 is 1.00 bits per heavy atom. The molecule has 0 aliphatic heterocycles. The van der Waals surface area contributed by atoms with Gasteiger partial charge in [0.1, 0.15) is 11.6 Å². The number of hydrogen-bond acceptors (Lipinski definition) is 1. The minimum Gasteiger partial charge on any atom is -0.326 e. The number of anilines is 1. The standard InChI is InChI=1S/C23H20ClF2NO/c1-2-19-21(26)7-4-8-22(19)27-23(28)14-20(15-9-11-18(25)12-10-15)16-5-3-6-17(24)13-16/h3-13,20H,2,14H2,1H3,(H,27,28)/t20-/m1/s1. The molecule has 0 saturated carbocycles. The highest BCUT2D eigenvalue weighted by atomic mass is 35.5. The van der Waals surface area contributed by atoms with Gasteiger partial charge in [-0.1, -0.05) is 48.9 Å². The first-order valence-electron chi connectivity index (χ1n) is 9.06. The molecule has 0 aromatic heterocycles. The molecule has 2 nitrogen and oxygen atoms in total. The van der Waals surface area contributed by atoms with Gasteiger partial charge in [-0.25, -0.2) is 8.78 Å². The third kappa shape index (κ3) is 4.76. The average Bonchev–Trinajstić information content (AvgIpc) is 2.67. The molecule has 0 aliphatic carbocycles. The predicted octanol–water partition coefficient (Wildman–Crippen LogP) is 6.34. The van der Waals surface area contributed by atoms with Crippen LogP contribution >= 0.6 is 11.6 Å². The molecule has 0 aliphatic rings. The number of amides is 1. The molecule has 1 N–H and O–H groups in total. The van der Waals surface area contributed by atoms with Crippen LogP contribution in [0.1, 0.15) is 36.0 Å². The summed E-state index contributed by atoms with van der Waals surface area (Å²) >= 11 is 6.12. The maximum atomic E-state index is 14.0. The topological polar surface area (TPSA) is 29.1 Å². The van der Waals surface area contributed by atoms with Gasteiger partial charge in [-0.15, -0.1) is 0 Å². The van der Waals surface area contributed by atoms with Gasteiger partial charge in [-0.3, -0.25) is 4.79 Å². The Kier molecular flexibility index (Phi) is 6.42. The molecule has 144 valence electrons. The van der Waals surface area contributed by atoms with Crippen LogP contribution in [-0.4, -0.2) is 5.91 Å². The van der Waals surface area contributed by atoms with E-state index in [4.69, 9.17) is 11.6 Å². The first-order chi connectivity index (χ1) is 13.5. The van der Waals surface area contributed by atoms with Gasteiger partial charge in [-0.2, -0.15) is 0 Å². The fourth-order valence-electron chi connectivity index (χ4n) is 3.27. The first kappa shape index (κ1) is 20.0. The molecule has 1 atom stereocenters. The number of nitrogens with one attached hydrogen (secondary N) is 1. The van der Waals surface area contributed by atoms with Crippen molar-refractivity contribution in [2.75, 3.05) is 5.32 Å². The van der Waals surface area contributed by atoms with Crippen LogP contribution in [0.4, 0.5) is 14.5 Å². The molecular formula is C23H20ClF2NO. The molecule has 0 heterocycles. The molecule has 0 bridgehead atoms. The van der Waals surface area contributed by atoms with Crippen molar-refractivity contribution in [2.45, 2.75) is 25.7 Å². The molecule has 0 spiro atoms. The maximum Gasteiger partial charge on any atom is 0.225 e. The smallest absolute Gasteiger partial charge is 0.225 e. The van der Waals surface area contributed by atoms with Crippen molar-refractivity contribution in [1.82, 2.24) is 0 Å². The molecule has 5 heteroatoms. The van der Waals surface area contributed by atoms with Gasteiger partial charge in [0, 0.05) is 28.6 Å². The third-order valence-corrected chi connectivity index (χ3v) is 4.89.